The molecule has 0 saturated carbocycles. The second kappa shape index (κ2) is 5.67. The molecule has 2 aromatic rings. The average molecular weight is 272 g/mol. The van der Waals surface area contributed by atoms with E-state index in [1.54, 1.807) is 6.20 Å². The number of nitrogens with two attached hydrogens (primary N) is 1. The minimum Gasteiger partial charge on any atom is -0.389 e. The summed E-state index contributed by atoms with van der Waals surface area (Å²) in [6, 6.07) is 11.8. The fourth-order valence-corrected chi connectivity index (χ4v) is 1.73. The summed E-state index contributed by atoms with van der Waals surface area (Å²) in [6.07, 6.45) is 1.67. The lowest BCUT2D eigenvalue weighted by atomic mass is 10.2. The number of anilines is 3. The van der Waals surface area contributed by atoms with Crippen LogP contribution in [0.4, 0.5) is 17.2 Å². The van der Waals surface area contributed by atoms with Crippen LogP contribution in [0.1, 0.15) is 5.56 Å². The summed E-state index contributed by atoms with van der Waals surface area (Å²) in [5.41, 5.74) is 8.44. The van der Waals surface area contributed by atoms with E-state index in [-0.39, 0.29) is 0 Å². The predicted octanol–water partition coefficient (Wildman–Crippen LogP) is 2.53. The van der Waals surface area contributed by atoms with Crippen molar-refractivity contribution in [3.8, 4) is 0 Å². The minimum absolute atomic E-state index is 0.356. The lowest BCUT2D eigenvalue weighted by Crippen LogP contribution is -2.09. The van der Waals surface area contributed by atoms with Crippen LogP contribution in [-0.2, 0) is 0 Å². The highest BCUT2D eigenvalue weighted by atomic mass is 32.1. The van der Waals surface area contributed by atoms with Crippen molar-refractivity contribution in [2.24, 2.45) is 5.73 Å². The Balaban J connectivity index is 2.10. The molecular formula is C14H16N4S. The molecule has 0 spiro atoms. The van der Waals surface area contributed by atoms with Crippen molar-refractivity contribution in [3.05, 3.63) is 48.2 Å². The van der Waals surface area contributed by atoms with Gasteiger partial charge in [0.25, 0.3) is 0 Å². The Morgan fingerprint density at radius 3 is 2.32 bits per heavy atom. The molecule has 1 aromatic heterocycles. The smallest absolute Gasteiger partial charge is 0.130 e. The van der Waals surface area contributed by atoms with E-state index in [2.05, 4.69) is 15.2 Å². The molecule has 98 valence electrons. The van der Waals surface area contributed by atoms with Gasteiger partial charge in [0.2, 0.25) is 0 Å². The highest BCUT2D eigenvalue weighted by Gasteiger charge is 2.00. The number of hydrogen-bond acceptors (Lipinski definition) is 4. The van der Waals surface area contributed by atoms with Crippen molar-refractivity contribution in [3.63, 3.8) is 0 Å². The first-order chi connectivity index (χ1) is 9.06. The highest BCUT2D eigenvalue weighted by molar-refractivity contribution is 7.80. The van der Waals surface area contributed by atoms with E-state index >= 15 is 0 Å². The summed E-state index contributed by atoms with van der Waals surface area (Å²) in [6.45, 7) is 0. The number of nitrogens with one attached hydrogen (secondary N) is 1. The zero-order valence-corrected chi connectivity index (χ0v) is 11.7. The third-order valence-corrected chi connectivity index (χ3v) is 2.94. The molecule has 0 aliphatic heterocycles. The Kier molecular flexibility index (Phi) is 3.97. The molecule has 2 rings (SSSR count). The van der Waals surface area contributed by atoms with Gasteiger partial charge in [-0.05, 0) is 36.4 Å². The second-order valence-corrected chi connectivity index (χ2v) is 4.80. The van der Waals surface area contributed by atoms with Crippen LogP contribution in [0.3, 0.4) is 0 Å². The third-order valence-electron chi connectivity index (χ3n) is 2.70. The lowest BCUT2D eigenvalue weighted by molar-refractivity contribution is 1.13. The van der Waals surface area contributed by atoms with Gasteiger partial charge in [0.05, 0.1) is 0 Å². The van der Waals surface area contributed by atoms with Crippen molar-refractivity contribution in [1.82, 2.24) is 4.98 Å². The highest BCUT2D eigenvalue weighted by Crippen LogP contribution is 2.18. The molecular weight excluding hydrogens is 256 g/mol. The number of aromatic nitrogens is 1. The summed E-state index contributed by atoms with van der Waals surface area (Å²) in [7, 11) is 4.02. The molecule has 0 amide bonds. The summed E-state index contributed by atoms with van der Waals surface area (Å²) in [4.78, 5) is 6.67. The van der Waals surface area contributed by atoms with E-state index in [0.29, 0.717) is 4.99 Å². The number of nitrogens with zero attached hydrogens (tertiary/aromatic N) is 2. The van der Waals surface area contributed by atoms with Gasteiger partial charge in [-0.2, -0.15) is 0 Å². The van der Waals surface area contributed by atoms with Gasteiger partial charge in [-0.3, -0.25) is 0 Å². The molecule has 4 nitrogen and oxygen atoms in total. The molecule has 1 heterocycles. The summed E-state index contributed by atoms with van der Waals surface area (Å²) >= 11 is 4.89. The first-order valence-corrected chi connectivity index (χ1v) is 6.27. The maximum absolute atomic E-state index is 5.53. The first kappa shape index (κ1) is 13.3. The molecule has 0 aliphatic rings. The van der Waals surface area contributed by atoms with Crippen molar-refractivity contribution >= 4 is 34.4 Å². The Bertz CT molecular complexity index is 561. The van der Waals surface area contributed by atoms with Crippen LogP contribution in [-0.4, -0.2) is 24.1 Å². The van der Waals surface area contributed by atoms with Crippen LogP contribution in [0, 0.1) is 0 Å². The van der Waals surface area contributed by atoms with Crippen molar-refractivity contribution in [1.29, 1.82) is 0 Å². The van der Waals surface area contributed by atoms with Crippen molar-refractivity contribution < 1.29 is 0 Å². The molecule has 0 aliphatic carbocycles. The molecule has 0 radical (unpaired) electrons. The quantitative estimate of drug-likeness (QED) is 0.838. The third kappa shape index (κ3) is 3.42. The first-order valence-electron chi connectivity index (χ1n) is 5.86. The molecule has 1 aromatic carbocycles. The number of pyridine rings is 1. The van der Waals surface area contributed by atoms with Crippen LogP contribution in [0.15, 0.2) is 42.6 Å². The van der Waals surface area contributed by atoms with Gasteiger partial charge in [0.15, 0.2) is 0 Å². The fourth-order valence-electron chi connectivity index (χ4n) is 1.60. The molecule has 0 bridgehead atoms. The topological polar surface area (TPSA) is 54.2 Å². The van der Waals surface area contributed by atoms with E-state index in [4.69, 9.17) is 18.0 Å². The van der Waals surface area contributed by atoms with Crippen molar-refractivity contribution in [2.45, 2.75) is 0 Å². The zero-order chi connectivity index (χ0) is 13.8. The summed E-state index contributed by atoms with van der Waals surface area (Å²) in [5.74, 6) is 0.762. The molecule has 5 heteroatoms. The van der Waals surface area contributed by atoms with Gasteiger partial charge in [-0.15, -0.1) is 0 Å². The van der Waals surface area contributed by atoms with E-state index < -0.39 is 0 Å². The van der Waals surface area contributed by atoms with Gasteiger partial charge < -0.3 is 16.0 Å². The van der Waals surface area contributed by atoms with Crippen LogP contribution < -0.4 is 16.0 Å². The maximum Gasteiger partial charge on any atom is 0.130 e. The van der Waals surface area contributed by atoms with E-state index in [1.165, 1.54) is 0 Å². The minimum atomic E-state index is 0.356. The van der Waals surface area contributed by atoms with Gasteiger partial charge >= 0.3 is 0 Å². The number of benzene rings is 1. The van der Waals surface area contributed by atoms with E-state index in [9.17, 15) is 0 Å². The molecule has 0 atom stereocenters. The SMILES string of the molecule is CN(C)c1ccc(Nc2ccc(C(N)=S)cn2)cc1. The van der Waals surface area contributed by atoms with Crippen LogP contribution in [0.2, 0.25) is 0 Å². The Labute approximate surface area is 118 Å². The lowest BCUT2D eigenvalue weighted by Gasteiger charge is -2.13. The van der Waals surface area contributed by atoms with Gasteiger partial charge in [-0.25, -0.2) is 4.98 Å². The van der Waals surface area contributed by atoms with Crippen LogP contribution in [0.5, 0.6) is 0 Å². The van der Waals surface area contributed by atoms with E-state index in [1.807, 2.05) is 50.5 Å². The predicted molar refractivity (Wildman–Crippen MR) is 84.2 cm³/mol. The average Bonchev–Trinajstić information content (AvgIpc) is 2.40. The van der Waals surface area contributed by atoms with Gasteiger partial charge in [0, 0.05) is 37.2 Å². The number of thiocarbonyl (C=S) groups is 1. The normalized spacial score (nSPS) is 10.0. The largest absolute Gasteiger partial charge is 0.389 e. The van der Waals surface area contributed by atoms with E-state index in [0.717, 1.165) is 22.8 Å². The molecule has 0 fully saturated rings. The monoisotopic (exact) mass is 272 g/mol. The summed E-state index contributed by atoms with van der Waals surface area (Å²) in [5, 5.41) is 3.22. The van der Waals surface area contributed by atoms with Gasteiger partial charge in [-0.1, -0.05) is 12.2 Å². The second-order valence-electron chi connectivity index (χ2n) is 4.36. The molecule has 3 N–H and O–H groups in total. The summed E-state index contributed by atoms with van der Waals surface area (Å²) < 4.78 is 0. The zero-order valence-electron chi connectivity index (χ0n) is 10.9. The maximum atomic E-state index is 5.53. The van der Waals surface area contributed by atoms with Crippen molar-refractivity contribution in [2.75, 3.05) is 24.3 Å². The number of hydrogen-bond donors (Lipinski definition) is 2. The van der Waals surface area contributed by atoms with Crippen LogP contribution >= 0.6 is 12.2 Å². The van der Waals surface area contributed by atoms with Crippen LogP contribution in [0.25, 0.3) is 0 Å². The Morgan fingerprint density at radius 2 is 1.84 bits per heavy atom. The Morgan fingerprint density at radius 1 is 1.16 bits per heavy atom. The molecule has 0 saturated heterocycles. The number of rotatable bonds is 4. The standard InChI is InChI=1S/C14H16N4S/c1-18(2)12-6-4-11(5-7-12)17-13-8-3-10(9-16-13)14(15)19/h3-9H,1-2H3,(H2,15,19)(H,16,17). The Hall–Kier alpha value is -2.14. The fraction of sp³-hybridized carbons (Fsp3) is 0.143. The molecule has 0 unspecified atom stereocenters. The van der Waals surface area contributed by atoms with Gasteiger partial charge in [0.1, 0.15) is 10.8 Å². The molecule has 19 heavy (non-hydrogen) atoms.